The largest absolute Gasteiger partial charge is 0.493 e. The minimum atomic E-state index is -0.403. The number of benzene rings is 2. The topological polar surface area (TPSA) is 67.9 Å². The first kappa shape index (κ1) is 19.3. The van der Waals surface area contributed by atoms with E-state index in [0.717, 1.165) is 18.4 Å². The molecule has 0 aliphatic carbocycles. The number of nitrogens with zero attached hydrogens (tertiary/aromatic N) is 1. The fourth-order valence-electron chi connectivity index (χ4n) is 4.53. The Kier molecular flexibility index (Phi) is 5.18. The Morgan fingerprint density at radius 3 is 2.62 bits per heavy atom. The molecule has 3 atom stereocenters. The van der Waals surface area contributed by atoms with Gasteiger partial charge in [0.05, 0.1) is 20.1 Å². The third kappa shape index (κ3) is 3.43. The summed E-state index contributed by atoms with van der Waals surface area (Å²) in [4.78, 5) is 28.3. The predicted molar refractivity (Wildman–Crippen MR) is 111 cm³/mol. The zero-order chi connectivity index (χ0) is 20.5. The van der Waals surface area contributed by atoms with Crippen LogP contribution in [0.15, 0.2) is 42.5 Å². The molecule has 2 heterocycles. The molecule has 0 unspecified atom stereocenters. The number of hydrogen-bond acceptors (Lipinski definition) is 4. The number of piperidine rings is 1. The van der Waals surface area contributed by atoms with Gasteiger partial charge in [0.1, 0.15) is 0 Å². The lowest BCUT2D eigenvalue weighted by Gasteiger charge is -2.46. The van der Waals surface area contributed by atoms with Crippen molar-refractivity contribution in [3.8, 4) is 11.5 Å². The van der Waals surface area contributed by atoms with Crippen molar-refractivity contribution in [2.24, 2.45) is 5.92 Å². The molecule has 0 saturated carbocycles. The van der Waals surface area contributed by atoms with Gasteiger partial charge in [-0.25, -0.2) is 0 Å². The molecule has 2 aliphatic rings. The summed E-state index contributed by atoms with van der Waals surface area (Å²) in [5.41, 5.74) is 2.08. The van der Waals surface area contributed by atoms with Crippen LogP contribution in [0.25, 0.3) is 0 Å². The summed E-state index contributed by atoms with van der Waals surface area (Å²) in [5.74, 6) is 1.16. The molecule has 0 radical (unpaired) electrons. The maximum Gasteiger partial charge on any atom is 0.254 e. The summed E-state index contributed by atoms with van der Waals surface area (Å²) in [5, 5.41) is 3.03. The standard InChI is InChI=1S/C23H26N2O4/c1-14-10-11-25-18(12-14)21(16-6-4-5-7-17(16)23(25)27)22(26)24-15-8-9-19(28-2)20(13-15)29-3/h4-9,13-14,18,21H,10-12H2,1-3H3,(H,24,26)/t14-,18+,21+/m0/s1. The average molecular weight is 394 g/mol. The maximum absolute atomic E-state index is 13.4. The molecule has 0 spiro atoms. The Morgan fingerprint density at radius 1 is 1.10 bits per heavy atom. The smallest absolute Gasteiger partial charge is 0.254 e. The second-order valence-corrected chi connectivity index (χ2v) is 7.82. The van der Waals surface area contributed by atoms with Gasteiger partial charge in [0.2, 0.25) is 5.91 Å². The summed E-state index contributed by atoms with van der Waals surface area (Å²) >= 11 is 0. The van der Waals surface area contributed by atoms with Crippen LogP contribution in [0, 0.1) is 5.92 Å². The summed E-state index contributed by atoms with van der Waals surface area (Å²) in [6.07, 6.45) is 1.79. The van der Waals surface area contributed by atoms with Gasteiger partial charge in [-0.15, -0.1) is 0 Å². The number of hydrogen-bond donors (Lipinski definition) is 1. The highest BCUT2D eigenvalue weighted by Gasteiger charge is 2.45. The molecule has 2 aromatic carbocycles. The van der Waals surface area contributed by atoms with Crippen molar-refractivity contribution < 1.29 is 19.1 Å². The lowest BCUT2D eigenvalue weighted by Crippen LogP contribution is -2.54. The van der Waals surface area contributed by atoms with Crippen LogP contribution in [-0.2, 0) is 4.79 Å². The third-order valence-corrected chi connectivity index (χ3v) is 6.01. The number of nitrogens with one attached hydrogen (secondary N) is 1. The number of methoxy groups -OCH3 is 2. The Bertz CT molecular complexity index is 942. The van der Waals surface area contributed by atoms with Crippen LogP contribution >= 0.6 is 0 Å². The molecule has 152 valence electrons. The van der Waals surface area contributed by atoms with Crippen LogP contribution in [0.1, 0.15) is 41.6 Å². The van der Waals surface area contributed by atoms with Crippen molar-refractivity contribution in [1.82, 2.24) is 4.90 Å². The van der Waals surface area contributed by atoms with E-state index in [4.69, 9.17) is 9.47 Å². The molecule has 29 heavy (non-hydrogen) atoms. The molecule has 2 amide bonds. The summed E-state index contributed by atoms with van der Waals surface area (Å²) < 4.78 is 10.6. The molecule has 2 aliphatic heterocycles. The van der Waals surface area contributed by atoms with Crippen molar-refractivity contribution in [2.75, 3.05) is 26.1 Å². The van der Waals surface area contributed by atoms with E-state index in [-0.39, 0.29) is 17.9 Å². The zero-order valence-electron chi connectivity index (χ0n) is 17.0. The molecule has 0 aromatic heterocycles. The average Bonchev–Trinajstić information content (AvgIpc) is 2.73. The van der Waals surface area contributed by atoms with Crippen LogP contribution in [-0.4, -0.2) is 43.5 Å². The van der Waals surface area contributed by atoms with E-state index >= 15 is 0 Å². The molecule has 1 saturated heterocycles. The van der Waals surface area contributed by atoms with E-state index in [1.165, 1.54) is 0 Å². The molecule has 6 nitrogen and oxygen atoms in total. The van der Waals surface area contributed by atoms with E-state index in [2.05, 4.69) is 12.2 Å². The lowest BCUT2D eigenvalue weighted by atomic mass is 9.76. The minimum Gasteiger partial charge on any atom is -0.493 e. The van der Waals surface area contributed by atoms with Crippen LogP contribution in [0.2, 0.25) is 0 Å². The number of carbonyl (C=O) groups excluding carboxylic acids is 2. The van der Waals surface area contributed by atoms with Crippen molar-refractivity contribution >= 4 is 17.5 Å². The van der Waals surface area contributed by atoms with Crippen molar-refractivity contribution in [1.29, 1.82) is 0 Å². The molecule has 1 N–H and O–H groups in total. The van der Waals surface area contributed by atoms with Gasteiger partial charge in [0.15, 0.2) is 11.5 Å². The molecular formula is C23H26N2O4. The normalized spacial score (nSPS) is 23.1. The van der Waals surface area contributed by atoms with Gasteiger partial charge in [-0.1, -0.05) is 25.1 Å². The second-order valence-electron chi connectivity index (χ2n) is 7.82. The van der Waals surface area contributed by atoms with Gasteiger partial charge >= 0.3 is 0 Å². The minimum absolute atomic E-state index is 0.0349. The second kappa shape index (κ2) is 7.78. The van der Waals surface area contributed by atoms with Gasteiger partial charge < -0.3 is 19.7 Å². The number of carbonyl (C=O) groups is 2. The van der Waals surface area contributed by atoms with Gasteiger partial charge in [-0.2, -0.15) is 0 Å². The monoisotopic (exact) mass is 394 g/mol. The maximum atomic E-state index is 13.4. The first-order valence-electron chi connectivity index (χ1n) is 9.96. The molecule has 0 bridgehead atoms. The highest BCUT2D eigenvalue weighted by atomic mass is 16.5. The Hall–Kier alpha value is -3.02. The van der Waals surface area contributed by atoms with Crippen LogP contribution < -0.4 is 14.8 Å². The highest BCUT2D eigenvalue weighted by molar-refractivity contribution is 6.04. The Balaban J connectivity index is 1.69. The Morgan fingerprint density at radius 2 is 1.86 bits per heavy atom. The third-order valence-electron chi connectivity index (χ3n) is 6.01. The SMILES string of the molecule is COc1ccc(NC(=O)[C@@H]2c3ccccc3C(=O)N3CC[C@H](C)C[C@H]23)cc1OC. The van der Waals surface area contributed by atoms with E-state index in [1.807, 2.05) is 29.2 Å². The quantitative estimate of drug-likeness (QED) is 0.859. The summed E-state index contributed by atoms with van der Waals surface area (Å²) in [6, 6.07) is 12.7. The summed E-state index contributed by atoms with van der Waals surface area (Å²) in [6.45, 7) is 2.88. The van der Waals surface area contributed by atoms with E-state index in [0.29, 0.717) is 35.2 Å². The van der Waals surface area contributed by atoms with Crippen molar-refractivity contribution in [3.63, 3.8) is 0 Å². The first-order valence-corrected chi connectivity index (χ1v) is 9.96. The number of rotatable bonds is 4. The van der Waals surface area contributed by atoms with Gasteiger partial charge in [-0.3, -0.25) is 9.59 Å². The first-order chi connectivity index (χ1) is 14.0. The van der Waals surface area contributed by atoms with E-state index in [1.54, 1.807) is 32.4 Å². The number of ether oxygens (including phenoxy) is 2. The van der Waals surface area contributed by atoms with Crippen molar-refractivity contribution in [2.45, 2.75) is 31.7 Å². The van der Waals surface area contributed by atoms with Gasteiger partial charge in [-0.05, 0) is 42.5 Å². The van der Waals surface area contributed by atoms with Gasteiger partial charge in [0.25, 0.3) is 5.91 Å². The van der Waals surface area contributed by atoms with Crippen molar-refractivity contribution in [3.05, 3.63) is 53.6 Å². The summed E-state index contributed by atoms with van der Waals surface area (Å²) in [7, 11) is 3.14. The fourth-order valence-corrected chi connectivity index (χ4v) is 4.53. The number of anilines is 1. The predicted octanol–water partition coefficient (Wildman–Crippen LogP) is 3.68. The van der Waals surface area contributed by atoms with Crippen LogP contribution in [0.3, 0.4) is 0 Å². The molecule has 6 heteroatoms. The fraction of sp³-hybridized carbons (Fsp3) is 0.391. The molecule has 1 fully saturated rings. The number of fused-ring (bicyclic) bond motifs is 2. The number of amides is 2. The van der Waals surface area contributed by atoms with Gasteiger partial charge in [0, 0.05) is 29.9 Å². The Labute approximate surface area is 170 Å². The highest BCUT2D eigenvalue weighted by Crippen LogP contribution is 2.40. The zero-order valence-corrected chi connectivity index (χ0v) is 17.0. The molecular weight excluding hydrogens is 368 g/mol. The van der Waals surface area contributed by atoms with Crippen LogP contribution in [0.5, 0.6) is 11.5 Å². The molecule has 2 aromatic rings. The van der Waals surface area contributed by atoms with E-state index in [9.17, 15) is 9.59 Å². The van der Waals surface area contributed by atoms with E-state index < -0.39 is 5.92 Å². The lowest BCUT2D eigenvalue weighted by molar-refractivity contribution is -0.119. The molecule has 4 rings (SSSR count). The van der Waals surface area contributed by atoms with Crippen LogP contribution in [0.4, 0.5) is 5.69 Å².